The lowest BCUT2D eigenvalue weighted by molar-refractivity contribution is -0.114. The highest BCUT2D eigenvalue weighted by atomic mass is 16.3. The molecule has 4 heteroatoms. The molecule has 2 N–H and O–H groups in total. The molecule has 0 spiro atoms. The van der Waals surface area contributed by atoms with Gasteiger partial charge < -0.3 is 15.3 Å². The molecule has 86 valence electrons. The van der Waals surface area contributed by atoms with Crippen LogP contribution in [0.4, 0.5) is 11.4 Å². The summed E-state index contributed by atoms with van der Waals surface area (Å²) in [4.78, 5) is 13.0. The van der Waals surface area contributed by atoms with E-state index in [0.717, 1.165) is 24.3 Å². The number of hydrogen-bond donors (Lipinski definition) is 2. The van der Waals surface area contributed by atoms with Crippen LogP contribution in [-0.4, -0.2) is 30.2 Å². The molecule has 0 radical (unpaired) electrons. The maximum atomic E-state index is 10.8. The van der Waals surface area contributed by atoms with Crippen LogP contribution >= 0.6 is 0 Å². The monoisotopic (exact) mass is 220 g/mol. The molecule has 1 aliphatic heterocycles. The van der Waals surface area contributed by atoms with Gasteiger partial charge in [-0.3, -0.25) is 4.79 Å². The molecule has 1 saturated heterocycles. The van der Waals surface area contributed by atoms with E-state index in [1.807, 2.05) is 24.3 Å². The summed E-state index contributed by atoms with van der Waals surface area (Å²) in [6.45, 7) is 3.07. The Labute approximate surface area is 94.9 Å². The molecule has 0 bridgehead atoms. The van der Waals surface area contributed by atoms with Crippen molar-refractivity contribution in [2.75, 3.05) is 23.3 Å². The predicted octanol–water partition coefficient (Wildman–Crippen LogP) is 1.22. The van der Waals surface area contributed by atoms with Gasteiger partial charge in [-0.2, -0.15) is 0 Å². The Hall–Kier alpha value is -1.55. The van der Waals surface area contributed by atoms with E-state index in [2.05, 4.69) is 10.2 Å². The Balaban J connectivity index is 2.04. The number of β-amino-alcohol motifs (C(OH)–C–C–N with tert-alkyl or cyclic N) is 1. The summed E-state index contributed by atoms with van der Waals surface area (Å²) in [7, 11) is 0. The van der Waals surface area contributed by atoms with E-state index in [9.17, 15) is 9.90 Å². The van der Waals surface area contributed by atoms with Crippen molar-refractivity contribution in [3.05, 3.63) is 24.3 Å². The van der Waals surface area contributed by atoms with Gasteiger partial charge in [-0.15, -0.1) is 0 Å². The lowest BCUT2D eigenvalue weighted by Crippen LogP contribution is -2.20. The fourth-order valence-corrected chi connectivity index (χ4v) is 1.94. The lowest BCUT2D eigenvalue weighted by atomic mass is 10.2. The number of carbonyl (C=O) groups is 1. The SMILES string of the molecule is CC(=O)Nc1ccc(N2CCC(O)C2)cc1. The van der Waals surface area contributed by atoms with E-state index >= 15 is 0 Å². The van der Waals surface area contributed by atoms with Crippen molar-refractivity contribution in [2.45, 2.75) is 19.4 Å². The Morgan fingerprint density at radius 2 is 2.12 bits per heavy atom. The predicted molar refractivity (Wildman–Crippen MR) is 63.6 cm³/mol. The van der Waals surface area contributed by atoms with Crippen LogP contribution in [0.1, 0.15) is 13.3 Å². The molecule has 1 aromatic carbocycles. The van der Waals surface area contributed by atoms with E-state index in [1.54, 1.807) is 0 Å². The second-order valence-corrected chi connectivity index (χ2v) is 4.12. The first-order valence-corrected chi connectivity index (χ1v) is 5.46. The number of benzene rings is 1. The Morgan fingerprint density at radius 3 is 2.62 bits per heavy atom. The van der Waals surface area contributed by atoms with Gasteiger partial charge >= 0.3 is 0 Å². The quantitative estimate of drug-likeness (QED) is 0.787. The highest BCUT2D eigenvalue weighted by Gasteiger charge is 2.19. The Kier molecular flexibility index (Phi) is 3.10. The number of rotatable bonds is 2. The van der Waals surface area contributed by atoms with Gasteiger partial charge in [0.05, 0.1) is 6.10 Å². The number of aliphatic hydroxyl groups is 1. The van der Waals surface area contributed by atoms with Gasteiger partial charge in [0.2, 0.25) is 5.91 Å². The van der Waals surface area contributed by atoms with Crippen molar-refractivity contribution < 1.29 is 9.90 Å². The van der Waals surface area contributed by atoms with Crippen LogP contribution in [0, 0.1) is 0 Å². The number of nitrogens with one attached hydrogen (secondary N) is 1. The molecule has 1 unspecified atom stereocenters. The van der Waals surface area contributed by atoms with E-state index in [1.165, 1.54) is 6.92 Å². The van der Waals surface area contributed by atoms with Gasteiger partial charge in [-0.05, 0) is 30.7 Å². The smallest absolute Gasteiger partial charge is 0.221 e. The Morgan fingerprint density at radius 1 is 1.44 bits per heavy atom. The first-order chi connectivity index (χ1) is 7.65. The van der Waals surface area contributed by atoms with Gasteiger partial charge in [-0.1, -0.05) is 0 Å². The van der Waals surface area contributed by atoms with Crippen LogP contribution in [0.2, 0.25) is 0 Å². The average Bonchev–Trinajstić information content (AvgIpc) is 2.65. The fraction of sp³-hybridized carbons (Fsp3) is 0.417. The number of carbonyl (C=O) groups excluding carboxylic acids is 1. The van der Waals surface area contributed by atoms with Gasteiger partial charge in [0.25, 0.3) is 0 Å². The average molecular weight is 220 g/mol. The molecule has 1 fully saturated rings. The topological polar surface area (TPSA) is 52.6 Å². The number of hydrogen-bond acceptors (Lipinski definition) is 3. The maximum Gasteiger partial charge on any atom is 0.221 e. The third-order valence-electron chi connectivity index (χ3n) is 2.72. The van der Waals surface area contributed by atoms with E-state index < -0.39 is 0 Å². The molecule has 1 heterocycles. The molecule has 1 aromatic rings. The molecule has 0 aliphatic carbocycles. The first-order valence-electron chi connectivity index (χ1n) is 5.46. The van der Waals surface area contributed by atoms with Crippen LogP contribution in [0.25, 0.3) is 0 Å². The van der Waals surface area contributed by atoms with Crippen molar-refractivity contribution in [2.24, 2.45) is 0 Å². The third-order valence-corrected chi connectivity index (χ3v) is 2.72. The minimum absolute atomic E-state index is 0.0654. The highest BCUT2D eigenvalue weighted by molar-refractivity contribution is 5.88. The molecular formula is C12H16N2O2. The number of anilines is 2. The minimum Gasteiger partial charge on any atom is -0.391 e. The zero-order chi connectivity index (χ0) is 11.5. The van der Waals surface area contributed by atoms with Crippen molar-refractivity contribution in [3.8, 4) is 0 Å². The number of aliphatic hydroxyl groups excluding tert-OH is 1. The molecule has 4 nitrogen and oxygen atoms in total. The van der Waals surface area contributed by atoms with Crippen molar-refractivity contribution in [1.29, 1.82) is 0 Å². The number of amides is 1. The van der Waals surface area contributed by atoms with E-state index in [-0.39, 0.29) is 12.0 Å². The van der Waals surface area contributed by atoms with Crippen LogP contribution in [0.15, 0.2) is 24.3 Å². The number of nitrogens with zero attached hydrogens (tertiary/aromatic N) is 1. The van der Waals surface area contributed by atoms with Gasteiger partial charge in [0, 0.05) is 31.4 Å². The van der Waals surface area contributed by atoms with E-state index in [4.69, 9.17) is 0 Å². The van der Waals surface area contributed by atoms with Crippen molar-refractivity contribution >= 4 is 17.3 Å². The standard InChI is InChI=1S/C12H16N2O2/c1-9(15)13-10-2-4-11(5-3-10)14-7-6-12(16)8-14/h2-5,12,16H,6-8H2,1H3,(H,13,15). The van der Waals surface area contributed by atoms with Crippen LogP contribution < -0.4 is 10.2 Å². The van der Waals surface area contributed by atoms with Gasteiger partial charge in [-0.25, -0.2) is 0 Å². The summed E-state index contributed by atoms with van der Waals surface area (Å²) >= 11 is 0. The molecule has 1 amide bonds. The molecule has 1 atom stereocenters. The summed E-state index contributed by atoms with van der Waals surface area (Å²) in [5, 5.41) is 12.2. The third kappa shape index (κ3) is 2.52. The molecule has 1 aliphatic rings. The summed E-state index contributed by atoms with van der Waals surface area (Å²) < 4.78 is 0. The van der Waals surface area contributed by atoms with E-state index in [0.29, 0.717) is 6.54 Å². The summed E-state index contributed by atoms with van der Waals surface area (Å²) in [6, 6.07) is 7.68. The van der Waals surface area contributed by atoms with Crippen LogP contribution in [-0.2, 0) is 4.79 Å². The molecule has 2 rings (SSSR count). The molecule has 0 saturated carbocycles. The van der Waals surface area contributed by atoms with Crippen molar-refractivity contribution in [3.63, 3.8) is 0 Å². The Bertz CT molecular complexity index is 375. The van der Waals surface area contributed by atoms with Crippen LogP contribution in [0.5, 0.6) is 0 Å². The minimum atomic E-state index is -0.213. The zero-order valence-electron chi connectivity index (χ0n) is 9.31. The highest BCUT2D eigenvalue weighted by Crippen LogP contribution is 2.22. The summed E-state index contributed by atoms with van der Waals surface area (Å²) in [6.07, 6.45) is 0.614. The first kappa shape index (κ1) is 11.0. The maximum absolute atomic E-state index is 10.8. The van der Waals surface area contributed by atoms with Gasteiger partial charge in [0.1, 0.15) is 0 Å². The second-order valence-electron chi connectivity index (χ2n) is 4.12. The largest absolute Gasteiger partial charge is 0.391 e. The van der Waals surface area contributed by atoms with Gasteiger partial charge in [0.15, 0.2) is 0 Å². The lowest BCUT2D eigenvalue weighted by Gasteiger charge is -2.18. The fourth-order valence-electron chi connectivity index (χ4n) is 1.94. The normalized spacial score (nSPS) is 19.9. The van der Waals surface area contributed by atoms with Crippen molar-refractivity contribution in [1.82, 2.24) is 0 Å². The molecular weight excluding hydrogens is 204 g/mol. The second kappa shape index (κ2) is 4.53. The van der Waals surface area contributed by atoms with Crippen LogP contribution in [0.3, 0.4) is 0 Å². The summed E-state index contributed by atoms with van der Waals surface area (Å²) in [5.74, 6) is -0.0654. The summed E-state index contributed by atoms with van der Waals surface area (Å²) in [5.41, 5.74) is 1.89. The zero-order valence-corrected chi connectivity index (χ0v) is 9.31. The molecule has 16 heavy (non-hydrogen) atoms. The molecule has 0 aromatic heterocycles.